The van der Waals surface area contributed by atoms with Gasteiger partial charge in [-0.15, -0.1) is 0 Å². The first-order valence-electron chi connectivity index (χ1n) is 10.5. The van der Waals surface area contributed by atoms with Crippen LogP contribution in [0.1, 0.15) is 19.3 Å². The molecule has 5 rings (SSSR count). The minimum absolute atomic E-state index is 0.00470. The van der Waals surface area contributed by atoms with Crippen molar-refractivity contribution in [1.29, 1.82) is 0 Å². The smallest absolute Gasteiger partial charge is 0.366 e. The largest absolute Gasteiger partial charge is 0.391 e. The van der Waals surface area contributed by atoms with Gasteiger partial charge in [0.1, 0.15) is 11.6 Å². The van der Waals surface area contributed by atoms with E-state index in [2.05, 4.69) is 15.2 Å². The Bertz CT molecular complexity index is 961. The van der Waals surface area contributed by atoms with Gasteiger partial charge < -0.3 is 9.80 Å². The highest BCUT2D eigenvalue weighted by Gasteiger charge is 2.43. The molecule has 3 aliphatic heterocycles. The van der Waals surface area contributed by atoms with Crippen molar-refractivity contribution in [2.75, 3.05) is 46.2 Å². The van der Waals surface area contributed by atoms with Gasteiger partial charge >= 0.3 is 12.2 Å². The maximum Gasteiger partial charge on any atom is 0.391 e. The number of nitrogens with zero attached hydrogens (tertiary/aromatic N) is 5. The zero-order valence-corrected chi connectivity index (χ0v) is 16.8. The Labute approximate surface area is 177 Å². The van der Waals surface area contributed by atoms with Gasteiger partial charge in [-0.25, -0.2) is 14.8 Å². The van der Waals surface area contributed by atoms with Crippen LogP contribution in [0.2, 0.25) is 0 Å². The summed E-state index contributed by atoms with van der Waals surface area (Å²) in [4.78, 5) is 27.8. The summed E-state index contributed by atoms with van der Waals surface area (Å²) in [5.74, 6) is 0.360. The number of hydrogen-bond acceptors (Lipinski definition) is 5. The first kappa shape index (κ1) is 19.9. The lowest BCUT2D eigenvalue weighted by Gasteiger charge is -2.38. The van der Waals surface area contributed by atoms with E-state index in [0.29, 0.717) is 30.5 Å². The molecule has 2 aromatic rings. The van der Waals surface area contributed by atoms with E-state index in [4.69, 9.17) is 4.98 Å². The van der Waals surface area contributed by atoms with E-state index in [9.17, 15) is 18.0 Å². The predicted octanol–water partition coefficient (Wildman–Crippen LogP) is 3.89. The molecular formula is C21H23F3N6O. The van der Waals surface area contributed by atoms with Crippen LogP contribution < -0.4 is 20.0 Å². The highest BCUT2D eigenvalue weighted by atomic mass is 19.4. The topological polar surface area (TPSA) is 64.6 Å². The number of pyridine rings is 2. The van der Waals surface area contributed by atoms with Gasteiger partial charge in [0.25, 0.3) is 0 Å². The molecule has 1 atom stereocenters. The summed E-state index contributed by atoms with van der Waals surface area (Å²) in [6.07, 6.45) is -1.60. The number of rotatable bonds is 2. The lowest BCUT2D eigenvalue weighted by atomic mass is 9.96. The van der Waals surface area contributed by atoms with E-state index in [1.54, 1.807) is 29.3 Å². The van der Waals surface area contributed by atoms with E-state index in [1.165, 1.54) is 0 Å². The van der Waals surface area contributed by atoms with E-state index in [-0.39, 0.29) is 24.9 Å². The third-order valence-electron chi connectivity index (χ3n) is 6.34. The van der Waals surface area contributed by atoms with Gasteiger partial charge in [0.15, 0.2) is 5.82 Å². The van der Waals surface area contributed by atoms with Crippen molar-refractivity contribution in [1.82, 2.24) is 9.97 Å². The van der Waals surface area contributed by atoms with Crippen LogP contribution in [0.15, 0.2) is 36.5 Å². The summed E-state index contributed by atoms with van der Waals surface area (Å²) in [5.41, 5.74) is 0.874. The predicted molar refractivity (Wildman–Crippen MR) is 112 cm³/mol. The Hall–Kier alpha value is -3.04. The average Bonchev–Trinajstić information content (AvgIpc) is 3.18. The third-order valence-corrected chi connectivity index (χ3v) is 6.34. The summed E-state index contributed by atoms with van der Waals surface area (Å²) in [6.45, 7) is 2.16. The molecule has 1 N–H and O–H groups in total. The molecule has 31 heavy (non-hydrogen) atoms. The Kier molecular flexibility index (Phi) is 4.86. The number of anilines is 4. The first-order valence-corrected chi connectivity index (χ1v) is 10.5. The van der Waals surface area contributed by atoms with Crippen LogP contribution >= 0.6 is 0 Å². The van der Waals surface area contributed by atoms with Crippen molar-refractivity contribution >= 4 is 29.2 Å². The number of halogens is 3. The van der Waals surface area contributed by atoms with Crippen LogP contribution in [0.3, 0.4) is 0 Å². The fourth-order valence-corrected chi connectivity index (χ4v) is 4.68. The molecular weight excluding hydrogens is 409 g/mol. The first-order chi connectivity index (χ1) is 14.9. The Morgan fingerprint density at radius 1 is 1.03 bits per heavy atom. The molecule has 2 aromatic heterocycles. The number of alkyl halides is 3. The molecule has 2 amide bonds. The van der Waals surface area contributed by atoms with Crippen molar-refractivity contribution in [3.05, 3.63) is 36.5 Å². The van der Waals surface area contributed by atoms with E-state index in [1.807, 2.05) is 17.0 Å². The van der Waals surface area contributed by atoms with Gasteiger partial charge in [-0.3, -0.25) is 10.2 Å². The van der Waals surface area contributed by atoms with Gasteiger partial charge in [0.2, 0.25) is 0 Å². The summed E-state index contributed by atoms with van der Waals surface area (Å²) in [7, 11) is 0. The average molecular weight is 432 g/mol. The summed E-state index contributed by atoms with van der Waals surface area (Å²) in [5, 5.41) is 2.84. The number of carbonyl (C=O) groups is 1. The SMILES string of the molecule is O=C(Nc1ccccn1)N1c2nc(N3CCC(C(F)(F)F)CC3)ccc2N2CC[C@H]1C2. The lowest BCUT2D eigenvalue weighted by molar-refractivity contribution is -0.179. The molecule has 2 fully saturated rings. The summed E-state index contributed by atoms with van der Waals surface area (Å²) < 4.78 is 39.0. The van der Waals surface area contributed by atoms with Crippen LogP contribution in [0.25, 0.3) is 0 Å². The quantitative estimate of drug-likeness (QED) is 0.780. The van der Waals surface area contributed by atoms with Crippen LogP contribution in [0.5, 0.6) is 0 Å². The normalized spacial score (nSPS) is 21.3. The van der Waals surface area contributed by atoms with Gasteiger partial charge in [0.05, 0.1) is 17.6 Å². The maximum atomic E-state index is 13.1. The standard InChI is InChI=1S/C21H23F3N6O/c22-21(23,24)14-6-10-28(11-7-14)18-5-4-16-19(27-18)30(15-8-12-29(16)13-15)20(31)26-17-3-1-2-9-25-17/h1-5,9,14-15H,6-8,10-13H2,(H,25,26,31)/t15-/m0/s1. The molecule has 2 bridgehead atoms. The van der Waals surface area contributed by atoms with Crippen molar-refractivity contribution in [2.24, 2.45) is 5.92 Å². The van der Waals surface area contributed by atoms with Gasteiger partial charge in [0, 0.05) is 32.4 Å². The second-order valence-electron chi connectivity index (χ2n) is 8.22. The number of aromatic nitrogens is 2. The van der Waals surface area contributed by atoms with Crippen molar-refractivity contribution in [3.63, 3.8) is 0 Å². The molecule has 0 aromatic carbocycles. The van der Waals surface area contributed by atoms with Crippen LogP contribution in [-0.4, -0.2) is 54.4 Å². The lowest BCUT2D eigenvalue weighted by Crippen LogP contribution is -2.48. The fourth-order valence-electron chi connectivity index (χ4n) is 4.68. The molecule has 3 aliphatic rings. The molecule has 0 saturated carbocycles. The van der Waals surface area contributed by atoms with E-state index in [0.717, 1.165) is 25.2 Å². The zero-order valence-electron chi connectivity index (χ0n) is 16.8. The second kappa shape index (κ2) is 7.58. The number of nitrogens with one attached hydrogen (secondary N) is 1. The van der Waals surface area contributed by atoms with Crippen molar-refractivity contribution in [3.8, 4) is 0 Å². The zero-order chi connectivity index (χ0) is 21.6. The van der Waals surface area contributed by atoms with E-state index >= 15 is 0 Å². The van der Waals surface area contributed by atoms with Crippen LogP contribution in [0, 0.1) is 5.92 Å². The number of amides is 2. The van der Waals surface area contributed by atoms with Gasteiger partial charge in [-0.2, -0.15) is 13.2 Å². The minimum Gasteiger partial charge on any atom is -0.366 e. The molecule has 5 heterocycles. The molecule has 164 valence electrons. The molecule has 0 aliphatic carbocycles. The minimum atomic E-state index is -4.15. The molecule has 7 nitrogen and oxygen atoms in total. The molecule has 0 unspecified atom stereocenters. The monoisotopic (exact) mass is 432 g/mol. The van der Waals surface area contributed by atoms with E-state index < -0.39 is 12.1 Å². The summed E-state index contributed by atoms with van der Waals surface area (Å²) >= 11 is 0. The number of fused-ring (bicyclic) bond motifs is 4. The summed E-state index contributed by atoms with van der Waals surface area (Å²) in [6, 6.07) is 8.76. The van der Waals surface area contributed by atoms with Gasteiger partial charge in [-0.1, -0.05) is 6.07 Å². The molecule has 0 radical (unpaired) electrons. The maximum absolute atomic E-state index is 13.1. The number of hydrogen-bond donors (Lipinski definition) is 1. The molecule has 0 spiro atoms. The van der Waals surface area contributed by atoms with Crippen LogP contribution in [0.4, 0.5) is 41.1 Å². The highest BCUT2D eigenvalue weighted by Crippen LogP contribution is 2.41. The van der Waals surface area contributed by atoms with Crippen molar-refractivity contribution in [2.45, 2.75) is 31.5 Å². The second-order valence-corrected chi connectivity index (χ2v) is 8.22. The number of carbonyl (C=O) groups excluding carboxylic acids is 1. The molecule has 2 saturated heterocycles. The van der Waals surface area contributed by atoms with Crippen molar-refractivity contribution < 1.29 is 18.0 Å². The Morgan fingerprint density at radius 2 is 1.81 bits per heavy atom. The Balaban J connectivity index is 1.40. The van der Waals surface area contributed by atoms with Crippen LogP contribution in [-0.2, 0) is 0 Å². The van der Waals surface area contributed by atoms with Gasteiger partial charge in [-0.05, 0) is 43.5 Å². The molecule has 10 heteroatoms. The number of urea groups is 1. The highest BCUT2D eigenvalue weighted by molar-refractivity contribution is 6.04. The number of piperidine rings is 1. The Morgan fingerprint density at radius 3 is 2.52 bits per heavy atom. The fraction of sp³-hybridized carbons (Fsp3) is 0.476. The third kappa shape index (κ3) is 3.75.